The summed E-state index contributed by atoms with van der Waals surface area (Å²) in [4.78, 5) is 0. The van der Waals surface area contributed by atoms with Crippen LogP contribution in [0.25, 0.3) is 0 Å². The number of hydrogen-bond donors (Lipinski definition) is 1. The van der Waals surface area contributed by atoms with Crippen molar-refractivity contribution in [2.45, 2.75) is 20.0 Å². The molecule has 1 aromatic rings. The van der Waals surface area contributed by atoms with Gasteiger partial charge < -0.3 is 9.84 Å². The third kappa shape index (κ3) is 2.82. The molecule has 0 bridgehead atoms. The van der Waals surface area contributed by atoms with Crippen LogP contribution in [0.1, 0.15) is 12.5 Å². The summed E-state index contributed by atoms with van der Waals surface area (Å²) in [6.45, 7) is 7.42. The molecule has 2 nitrogen and oxygen atoms in total. The quantitative estimate of drug-likeness (QED) is 0.721. The average molecular weight is 178 g/mol. The lowest BCUT2D eigenvalue weighted by atomic mass is 10.2. The van der Waals surface area contributed by atoms with E-state index in [9.17, 15) is 5.11 Å². The van der Waals surface area contributed by atoms with Crippen LogP contribution in [0.5, 0.6) is 11.5 Å². The van der Waals surface area contributed by atoms with Gasteiger partial charge in [0.15, 0.2) is 0 Å². The number of hydrogen-bond acceptors (Lipinski definition) is 2. The van der Waals surface area contributed by atoms with Crippen molar-refractivity contribution in [2.24, 2.45) is 0 Å². The van der Waals surface area contributed by atoms with E-state index in [4.69, 9.17) is 4.74 Å². The fourth-order valence-electron chi connectivity index (χ4n) is 1.06. The Labute approximate surface area is 78.5 Å². The van der Waals surface area contributed by atoms with Gasteiger partial charge in [0, 0.05) is 6.07 Å². The van der Waals surface area contributed by atoms with Crippen molar-refractivity contribution in [3.63, 3.8) is 0 Å². The summed E-state index contributed by atoms with van der Waals surface area (Å²) in [6, 6.07) is 5.15. The number of ether oxygens (including phenoxy) is 1. The molecule has 0 aromatic heterocycles. The van der Waals surface area contributed by atoms with Gasteiger partial charge in [-0.2, -0.15) is 0 Å². The molecule has 0 saturated heterocycles. The van der Waals surface area contributed by atoms with Crippen molar-refractivity contribution in [1.29, 1.82) is 0 Å². The zero-order chi connectivity index (χ0) is 9.84. The summed E-state index contributed by atoms with van der Waals surface area (Å²) >= 11 is 0. The van der Waals surface area contributed by atoms with Crippen LogP contribution < -0.4 is 4.74 Å². The molecule has 0 aliphatic rings. The van der Waals surface area contributed by atoms with Crippen LogP contribution in [0.15, 0.2) is 30.9 Å². The molecule has 1 aromatic carbocycles. The molecule has 1 N–H and O–H groups in total. The highest BCUT2D eigenvalue weighted by molar-refractivity contribution is 5.37. The minimum absolute atomic E-state index is 0.0406. The second kappa shape index (κ2) is 3.99. The van der Waals surface area contributed by atoms with Crippen LogP contribution in [0.2, 0.25) is 0 Å². The lowest BCUT2D eigenvalue weighted by Crippen LogP contribution is -2.07. The van der Waals surface area contributed by atoms with Gasteiger partial charge in [-0.05, 0) is 31.5 Å². The molecule has 1 unspecified atom stereocenters. The molecule has 13 heavy (non-hydrogen) atoms. The highest BCUT2D eigenvalue weighted by atomic mass is 16.5. The Morgan fingerprint density at radius 2 is 2.15 bits per heavy atom. The van der Waals surface area contributed by atoms with E-state index in [1.54, 1.807) is 18.2 Å². The molecule has 0 saturated carbocycles. The van der Waals surface area contributed by atoms with Crippen molar-refractivity contribution in [3.8, 4) is 11.5 Å². The minimum atomic E-state index is -0.0406. The molecule has 0 aliphatic heterocycles. The number of aryl methyl sites for hydroxylation is 1. The molecular formula is C11H14O2. The van der Waals surface area contributed by atoms with E-state index in [1.165, 1.54) is 0 Å². The van der Waals surface area contributed by atoms with Gasteiger partial charge in [0.05, 0.1) is 0 Å². The second-order valence-electron chi connectivity index (χ2n) is 3.06. The van der Waals surface area contributed by atoms with Gasteiger partial charge in [0.2, 0.25) is 0 Å². The van der Waals surface area contributed by atoms with Gasteiger partial charge in [0.1, 0.15) is 17.6 Å². The lowest BCUT2D eigenvalue weighted by Gasteiger charge is -2.11. The van der Waals surface area contributed by atoms with E-state index in [0.29, 0.717) is 5.75 Å². The van der Waals surface area contributed by atoms with Crippen LogP contribution in [-0.2, 0) is 0 Å². The molecule has 2 heteroatoms. The molecular weight excluding hydrogens is 164 g/mol. The zero-order valence-electron chi connectivity index (χ0n) is 7.95. The summed E-state index contributed by atoms with van der Waals surface area (Å²) in [5.74, 6) is 0.899. The van der Waals surface area contributed by atoms with Crippen molar-refractivity contribution in [3.05, 3.63) is 36.4 Å². The van der Waals surface area contributed by atoms with Crippen LogP contribution in [0.4, 0.5) is 0 Å². The standard InChI is InChI=1S/C11H14O2/c1-4-9(3)13-11-6-8(2)5-10(12)7-11/h4-7,9,12H,1H2,2-3H3. The largest absolute Gasteiger partial charge is 0.508 e. The molecule has 0 fully saturated rings. The number of phenolic OH excluding ortho intramolecular Hbond substituents is 1. The van der Waals surface area contributed by atoms with Crippen molar-refractivity contribution < 1.29 is 9.84 Å². The van der Waals surface area contributed by atoms with Crippen molar-refractivity contribution in [2.75, 3.05) is 0 Å². The Morgan fingerprint density at radius 3 is 2.69 bits per heavy atom. The maximum Gasteiger partial charge on any atom is 0.124 e. The molecule has 0 radical (unpaired) electrons. The minimum Gasteiger partial charge on any atom is -0.508 e. The van der Waals surface area contributed by atoms with Crippen LogP contribution in [0, 0.1) is 6.92 Å². The predicted octanol–water partition coefficient (Wildman–Crippen LogP) is 2.65. The third-order valence-electron chi connectivity index (χ3n) is 1.69. The fourth-order valence-corrected chi connectivity index (χ4v) is 1.06. The topological polar surface area (TPSA) is 29.5 Å². The van der Waals surface area contributed by atoms with Crippen LogP contribution in [0.3, 0.4) is 0 Å². The second-order valence-corrected chi connectivity index (χ2v) is 3.06. The average Bonchev–Trinajstić information content (AvgIpc) is 2.02. The Bertz CT molecular complexity index is 285. The van der Waals surface area contributed by atoms with E-state index in [-0.39, 0.29) is 11.9 Å². The van der Waals surface area contributed by atoms with Gasteiger partial charge >= 0.3 is 0 Å². The molecule has 1 atom stereocenters. The SMILES string of the molecule is C=CC(C)Oc1cc(C)cc(O)c1. The lowest BCUT2D eigenvalue weighted by molar-refractivity contribution is 0.269. The first-order valence-corrected chi connectivity index (χ1v) is 4.21. The summed E-state index contributed by atoms with van der Waals surface area (Å²) in [5, 5.41) is 9.27. The van der Waals surface area contributed by atoms with Crippen molar-refractivity contribution in [1.82, 2.24) is 0 Å². The Balaban J connectivity index is 2.82. The molecule has 1 rings (SSSR count). The van der Waals surface area contributed by atoms with E-state index in [0.717, 1.165) is 5.56 Å². The highest BCUT2D eigenvalue weighted by Crippen LogP contribution is 2.22. The van der Waals surface area contributed by atoms with Gasteiger partial charge in [-0.1, -0.05) is 12.7 Å². The smallest absolute Gasteiger partial charge is 0.124 e. The Kier molecular flexibility index (Phi) is 2.96. The molecule has 0 amide bonds. The van der Waals surface area contributed by atoms with Gasteiger partial charge in [-0.3, -0.25) is 0 Å². The molecule has 0 spiro atoms. The molecule has 0 heterocycles. The van der Waals surface area contributed by atoms with E-state index < -0.39 is 0 Å². The predicted molar refractivity (Wildman–Crippen MR) is 53.1 cm³/mol. The van der Waals surface area contributed by atoms with E-state index >= 15 is 0 Å². The van der Waals surface area contributed by atoms with Gasteiger partial charge in [0.25, 0.3) is 0 Å². The first-order chi connectivity index (χ1) is 6.11. The Morgan fingerprint density at radius 1 is 1.46 bits per heavy atom. The zero-order valence-corrected chi connectivity index (χ0v) is 7.95. The maximum atomic E-state index is 9.27. The summed E-state index contributed by atoms with van der Waals surface area (Å²) in [5.41, 5.74) is 0.978. The van der Waals surface area contributed by atoms with Gasteiger partial charge in [-0.25, -0.2) is 0 Å². The normalized spacial score (nSPS) is 12.2. The number of phenols is 1. The first kappa shape index (κ1) is 9.65. The molecule has 70 valence electrons. The Hall–Kier alpha value is -1.44. The highest BCUT2D eigenvalue weighted by Gasteiger charge is 2.01. The molecule has 0 aliphatic carbocycles. The van der Waals surface area contributed by atoms with E-state index in [1.807, 2.05) is 19.9 Å². The number of rotatable bonds is 3. The first-order valence-electron chi connectivity index (χ1n) is 4.21. The third-order valence-corrected chi connectivity index (χ3v) is 1.69. The fraction of sp³-hybridized carbons (Fsp3) is 0.273. The van der Waals surface area contributed by atoms with Crippen LogP contribution >= 0.6 is 0 Å². The summed E-state index contributed by atoms with van der Waals surface area (Å²) in [6.07, 6.45) is 1.67. The monoisotopic (exact) mass is 178 g/mol. The summed E-state index contributed by atoms with van der Waals surface area (Å²) in [7, 11) is 0. The number of benzene rings is 1. The number of aromatic hydroxyl groups is 1. The summed E-state index contributed by atoms with van der Waals surface area (Å²) < 4.78 is 5.45. The van der Waals surface area contributed by atoms with Crippen LogP contribution in [-0.4, -0.2) is 11.2 Å². The van der Waals surface area contributed by atoms with E-state index in [2.05, 4.69) is 6.58 Å². The maximum absolute atomic E-state index is 9.27. The van der Waals surface area contributed by atoms with Gasteiger partial charge in [-0.15, -0.1) is 0 Å². The van der Waals surface area contributed by atoms with Crippen molar-refractivity contribution >= 4 is 0 Å².